The molecule has 0 heterocycles. The molecule has 0 aliphatic carbocycles. The van der Waals surface area contributed by atoms with Gasteiger partial charge in [-0.1, -0.05) is 78.1 Å². The van der Waals surface area contributed by atoms with Crippen LogP contribution in [0.25, 0.3) is 31.3 Å². The molecule has 0 spiro atoms. The van der Waals surface area contributed by atoms with Gasteiger partial charge in [-0.05, 0) is 66.2 Å². The molecule has 0 saturated carbocycles. The van der Waals surface area contributed by atoms with Crippen LogP contribution in [0.5, 0.6) is 0 Å². The number of benzene rings is 1. The fourth-order valence-electron chi connectivity index (χ4n) is 5.26. The highest BCUT2D eigenvalue weighted by Gasteiger charge is 2.33. The van der Waals surface area contributed by atoms with Crippen LogP contribution in [0.2, 0.25) is 0 Å². The molecule has 3 N–H and O–H groups in total. The lowest BCUT2D eigenvalue weighted by Crippen LogP contribution is -2.42. The third-order valence-electron chi connectivity index (χ3n) is 8.69. The van der Waals surface area contributed by atoms with Gasteiger partial charge < -0.3 is 39.0 Å². The predicted octanol–water partition coefficient (Wildman–Crippen LogP) is 7.33. The van der Waals surface area contributed by atoms with Crippen molar-refractivity contribution in [1.29, 1.82) is 0 Å². The summed E-state index contributed by atoms with van der Waals surface area (Å²) in [6.07, 6.45) is 11.0. The summed E-state index contributed by atoms with van der Waals surface area (Å²) in [7, 11) is 0. The Balaban J connectivity index is 2.84. The number of aliphatic hydroxyl groups excluding tert-OH is 3. The van der Waals surface area contributed by atoms with Gasteiger partial charge in [0.1, 0.15) is 0 Å². The maximum atomic E-state index is 9.52. The van der Waals surface area contributed by atoms with Crippen LogP contribution < -0.4 is 0 Å². The summed E-state index contributed by atoms with van der Waals surface area (Å²) in [5, 5.41) is 39.3. The summed E-state index contributed by atoms with van der Waals surface area (Å²) in [5.41, 5.74) is 25.7. The fourth-order valence-corrected chi connectivity index (χ4v) is 5.26. The summed E-state index contributed by atoms with van der Waals surface area (Å²) in [6.45, 7) is 4.36. The van der Waals surface area contributed by atoms with E-state index in [2.05, 4.69) is 30.1 Å². The first-order valence-electron chi connectivity index (χ1n) is 18.8. The molecule has 1 aromatic rings. The van der Waals surface area contributed by atoms with Gasteiger partial charge >= 0.3 is 0 Å². The highest BCUT2D eigenvalue weighted by atomic mass is 16.5. The number of unbranched alkanes of at least 4 members (excludes halogenated alkanes) is 9. The van der Waals surface area contributed by atoms with Crippen LogP contribution in [-0.4, -0.2) is 108 Å². The molecular weight excluding hydrogens is 686 g/mol. The molecule has 17 nitrogen and oxygen atoms in total. The minimum atomic E-state index is -1.08. The Hall–Kier alpha value is -3.17. The topological polar surface area (TPSA) is 253 Å². The largest absolute Gasteiger partial charge is 0.396 e. The third kappa shape index (κ3) is 24.7. The molecule has 0 atom stereocenters. The van der Waals surface area contributed by atoms with E-state index in [4.69, 9.17) is 40.3 Å². The first kappa shape index (κ1) is 47.9. The number of rotatable bonds is 38. The van der Waals surface area contributed by atoms with E-state index in [0.29, 0.717) is 72.5 Å². The van der Waals surface area contributed by atoms with E-state index in [1.54, 1.807) is 0 Å². The molecule has 1 rings (SSSR count). The Morgan fingerprint density at radius 3 is 1.06 bits per heavy atom. The van der Waals surface area contributed by atoms with E-state index in [1.165, 1.54) is 0 Å². The van der Waals surface area contributed by atoms with Gasteiger partial charge in [-0.15, -0.1) is 0 Å². The summed E-state index contributed by atoms with van der Waals surface area (Å²) in [6, 6.07) is 7.80. The quantitative estimate of drug-likeness (QED) is 0.0266. The van der Waals surface area contributed by atoms with Gasteiger partial charge in [0, 0.05) is 54.2 Å². The number of nitrogens with zero attached hydrogens (tertiary/aromatic N) is 9. The smallest absolute Gasteiger partial charge is 0.0717 e. The van der Waals surface area contributed by atoms with Crippen molar-refractivity contribution in [3.8, 4) is 0 Å². The monoisotopic (exact) mass is 749 g/mol. The van der Waals surface area contributed by atoms with Gasteiger partial charge in [-0.3, -0.25) is 0 Å². The second kappa shape index (κ2) is 33.4. The van der Waals surface area contributed by atoms with E-state index in [1.807, 2.05) is 24.3 Å². The molecule has 0 aliphatic heterocycles. The van der Waals surface area contributed by atoms with Gasteiger partial charge in [-0.2, -0.15) is 0 Å². The molecule has 0 radical (unpaired) electrons. The SMILES string of the molecule is [N-]=[N+]=NCCCCCCOCC(COCCCCCCN=[N+]=[N-])(COCCCCCCN=[N+]=[N-])COCc1ccc(COCC(CO)(CO)CO)cc1. The van der Waals surface area contributed by atoms with Crippen molar-refractivity contribution in [2.24, 2.45) is 26.2 Å². The van der Waals surface area contributed by atoms with E-state index in [0.717, 1.165) is 88.2 Å². The normalized spacial score (nSPS) is 12.4. The molecular formula is C36H63N9O8. The van der Waals surface area contributed by atoms with E-state index >= 15 is 0 Å². The second-order valence-electron chi connectivity index (χ2n) is 13.5. The molecule has 0 aromatic heterocycles. The van der Waals surface area contributed by atoms with Gasteiger partial charge in [0.2, 0.25) is 0 Å². The van der Waals surface area contributed by atoms with Gasteiger partial charge in [0.25, 0.3) is 0 Å². The molecule has 0 unspecified atom stereocenters. The lowest BCUT2D eigenvalue weighted by atomic mass is 9.92. The molecule has 0 fully saturated rings. The van der Waals surface area contributed by atoms with Crippen molar-refractivity contribution in [1.82, 2.24) is 0 Å². The van der Waals surface area contributed by atoms with E-state index in [9.17, 15) is 15.3 Å². The molecule has 53 heavy (non-hydrogen) atoms. The van der Waals surface area contributed by atoms with Crippen molar-refractivity contribution in [3.63, 3.8) is 0 Å². The van der Waals surface area contributed by atoms with Crippen LogP contribution >= 0.6 is 0 Å². The first-order valence-corrected chi connectivity index (χ1v) is 18.8. The second-order valence-corrected chi connectivity index (χ2v) is 13.5. The fraction of sp³-hybridized carbons (Fsp3) is 0.833. The summed E-state index contributed by atoms with van der Waals surface area (Å²) >= 11 is 0. The van der Waals surface area contributed by atoms with Gasteiger partial charge in [0.15, 0.2) is 0 Å². The molecule has 0 bridgehead atoms. The first-order chi connectivity index (χ1) is 26.0. The molecule has 17 heteroatoms. The molecule has 0 aliphatic rings. The average Bonchev–Trinajstić information content (AvgIpc) is 3.18. The molecule has 0 saturated heterocycles. The van der Waals surface area contributed by atoms with Gasteiger partial charge in [-0.25, -0.2) is 0 Å². The minimum Gasteiger partial charge on any atom is -0.396 e. The Morgan fingerprint density at radius 2 is 0.736 bits per heavy atom. The number of aliphatic hydroxyl groups is 3. The zero-order chi connectivity index (χ0) is 38.6. The summed E-state index contributed by atoms with van der Waals surface area (Å²) < 4.78 is 30.7. The molecule has 300 valence electrons. The minimum absolute atomic E-state index is 0.0297. The Labute approximate surface area is 314 Å². The standard InChI is InChI=1S/C36H63N9O8/c37-43-40-17-7-1-4-10-20-49-29-36(30-50-21-11-5-2-8-18-41-44-38,31-51-22-12-6-3-9-19-42-45-39)32-53-24-34-15-13-33(14-16-34)23-52-28-35(25-46,26-47)27-48/h13-16,46-48H,1-12,17-32H2. The number of ether oxygens (including phenoxy) is 5. The number of hydrogen-bond acceptors (Lipinski definition) is 11. The van der Waals surface area contributed by atoms with E-state index in [-0.39, 0.29) is 33.0 Å². The zero-order valence-corrected chi connectivity index (χ0v) is 31.5. The molecule has 1 aromatic carbocycles. The average molecular weight is 750 g/mol. The third-order valence-corrected chi connectivity index (χ3v) is 8.69. The van der Waals surface area contributed by atoms with E-state index < -0.39 is 10.8 Å². The van der Waals surface area contributed by atoms with Crippen LogP contribution in [-0.2, 0) is 36.9 Å². The van der Waals surface area contributed by atoms with Gasteiger partial charge in [0.05, 0.1) is 76.9 Å². The lowest BCUT2D eigenvalue weighted by Gasteiger charge is -2.33. The predicted molar refractivity (Wildman–Crippen MR) is 202 cm³/mol. The Bertz CT molecular complexity index is 1080. The lowest BCUT2D eigenvalue weighted by molar-refractivity contribution is -0.110. The van der Waals surface area contributed by atoms with Crippen molar-refractivity contribution < 1.29 is 39.0 Å². The van der Waals surface area contributed by atoms with Crippen LogP contribution in [0.3, 0.4) is 0 Å². The number of azide groups is 3. The van der Waals surface area contributed by atoms with Crippen LogP contribution in [0, 0.1) is 10.8 Å². The summed E-state index contributed by atoms with van der Waals surface area (Å²) in [5.74, 6) is 0. The zero-order valence-electron chi connectivity index (χ0n) is 31.5. The van der Waals surface area contributed by atoms with Crippen LogP contribution in [0.1, 0.15) is 88.2 Å². The van der Waals surface area contributed by atoms with Crippen molar-refractivity contribution in [2.45, 2.75) is 90.3 Å². The maximum Gasteiger partial charge on any atom is 0.0717 e. The van der Waals surface area contributed by atoms with Crippen LogP contribution in [0.15, 0.2) is 39.6 Å². The highest BCUT2D eigenvalue weighted by molar-refractivity contribution is 5.21. The van der Waals surface area contributed by atoms with Crippen LogP contribution in [0.4, 0.5) is 0 Å². The maximum absolute atomic E-state index is 9.52. The highest BCUT2D eigenvalue weighted by Crippen LogP contribution is 2.23. The Morgan fingerprint density at radius 1 is 0.434 bits per heavy atom. The van der Waals surface area contributed by atoms with Crippen molar-refractivity contribution in [2.75, 3.05) is 92.3 Å². The summed E-state index contributed by atoms with van der Waals surface area (Å²) in [4.78, 5) is 8.41. The van der Waals surface area contributed by atoms with Crippen molar-refractivity contribution in [3.05, 3.63) is 66.7 Å². The molecule has 0 amide bonds. The van der Waals surface area contributed by atoms with Crippen molar-refractivity contribution >= 4 is 0 Å². The Kier molecular flexibility index (Phi) is 30.2. The number of hydrogen-bond donors (Lipinski definition) is 3.